The summed E-state index contributed by atoms with van der Waals surface area (Å²) < 4.78 is 54.3. The van der Waals surface area contributed by atoms with Gasteiger partial charge in [-0.05, 0) is 36.8 Å². The standard InChI is InChI=1S/C14H12F2O3S/c1-10-2-5-12(6-3-10)20(17,18)19-9-11-4-7-13(15)14(16)8-11/h2-8H,9H2,1H3. The summed E-state index contributed by atoms with van der Waals surface area (Å²) in [5, 5.41) is 0. The molecule has 0 spiro atoms. The Morgan fingerprint density at radius 2 is 1.65 bits per heavy atom. The second-order valence-electron chi connectivity index (χ2n) is 4.28. The van der Waals surface area contributed by atoms with E-state index in [2.05, 4.69) is 0 Å². The Morgan fingerprint density at radius 1 is 1.00 bits per heavy atom. The zero-order valence-electron chi connectivity index (χ0n) is 10.6. The van der Waals surface area contributed by atoms with Crippen LogP contribution in [0.2, 0.25) is 0 Å². The molecule has 6 heteroatoms. The quantitative estimate of drug-likeness (QED) is 0.814. The zero-order valence-corrected chi connectivity index (χ0v) is 11.5. The molecule has 3 nitrogen and oxygen atoms in total. The molecule has 0 saturated carbocycles. The summed E-state index contributed by atoms with van der Waals surface area (Å²) in [7, 11) is -3.91. The molecule has 0 atom stereocenters. The normalized spacial score (nSPS) is 11.6. The maximum absolute atomic E-state index is 13.0. The third-order valence-electron chi connectivity index (χ3n) is 2.67. The van der Waals surface area contributed by atoms with Crippen molar-refractivity contribution in [1.29, 1.82) is 0 Å². The highest BCUT2D eigenvalue weighted by molar-refractivity contribution is 7.86. The molecular weight excluding hydrogens is 286 g/mol. The van der Waals surface area contributed by atoms with Crippen molar-refractivity contribution in [2.45, 2.75) is 18.4 Å². The van der Waals surface area contributed by atoms with Crippen LogP contribution in [0.1, 0.15) is 11.1 Å². The molecule has 2 aromatic rings. The van der Waals surface area contributed by atoms with E-state index in [1.54, 1.807) is 12.1 Å². The van der Waals surface area contributed by atoms with Gasteiger partial charge in [0.15, 0.2) is 11.6 Å². The van der Waals surface area contributed by atoms with Gasteiger partial charge in [-0.15, -0.1) is 0 Å². The average Bonchev–Trinajstić information content (AvgIpc) is 2.41. The van der Waals surface area contributed by atoms with Gasteiger partial charge in [0.1, 0.15) is 0 Å². The third-order valence-corrected chi connectivity index (χ3v) is 3.95. The van der Waals surface area contributed by atoms with Crippen molar-refractivity contribution in [3.63, 3.8) is 0 Å². The summed E-state index contributed by atoms with van der Waals surface area (Å²) in [6.07, 6.45) is 0. The zero-order chi connectivity index (χ0) is 14.8. The van der Waals surface area contributed by atoms with Gasteiger partial charge in [0.25, 0.3) is 10.1 Å². The number of rotatable bonds is 4. The van der Waals surface area contributed by atoms with Crippen LogP contribution >= 0.6 is 0 Å². The average molecular weight is 298 g/mol. The van der Waals surface area contributed by atoms with Crippen molar-refractivity contribution >= 4 is 10.1 Å². The summed E-state index contributed by atoms with van der Waals surface area (Å²) in [4.78, 5) is 0.0192. The minimum atomic E-state index is -3.91. The van der Waals surface area contributed by atoms with Gasteiger partial charge in [-0.3, -0.25) is 4.18 Å². The Bertz CT molecular complexity index is 710. The predicted molar refractivity (Wildman–Crippen MR) is 69.5 cm³/mol. The minimum Gasteiger partial charge on any atom is -0.262 e. The van der Waals surface area contributed by atoms with Gasteiger partial charge in [-0.2, -0.15) is 8.42 Å². The highest BCUT2D eigenvalue weighted by Crippen LogP contribution is 2.16. The molecular formula is C14H12F2O3S. The Morgan fingerprint density at radius 3 is 2.25 bits per heavy atom. The monoisotopic (exact) mass is 298 g/mol. The lowest BCUT2D eigenvalue weighted by Crippen LogP contribution is -2.06. The van der Waals surface area contributed by atoms with Crippen LogP contribution in [0.25, 0.3) is 0 Å². The van der Waals surface area contributed by atoms with Crippen LogP contribution in [-0.4, -0.2) is 8.42 Å². The molecule has 0 radical (unpaired) electrons. The van der Waals surface area contributed by atoms with Gasteiger partial charge < -0.3 is 0 Å². The van der Waals surface area contributed by atoms with Crippen LogP contribution in [0.3, 0.4) is 0 Å². The largest absolute Gasteiger partial charge is 0.297 e. The van der Waals surface area contributed by atoms with Crippen molar-refractivity contribution in [3.05, 3.63) is 65.2 Å². The molecule has 0 saturated heterocycles. The van der Waals surface area contributed by atoms with E-state index < -0.39 is 21.8 Å². The number of hydrogen-bond donors (Lipinski definition) is 0. The van der Waals surface area contributed by atoms with Crippen molar-refractivity contribution in [3.8, 4) is 0 Å². The molecule has 0 heterocycles. The lowest BCUT2D eigenvalue weighted by molar-refractivity contribution is 0.307. The van der Waals surface area contributed by atoms with E-state index in [0.29, 0.717) is 0 Å². The summed E-state index contributed by atoms with van der Waals surface area (Å²) in [5.74, 6) is -2.03. The van der Waals surface area contributed by atoms with Crippen LogP contribution in [0.4, 0.5) is 8.78 Å². The number of benzene rings is 2. The molecule has 0 bridgehead atoms. The first-order valence-electron chi connectivity index (χ1n) is 5.78. The van der Waals surface area contributed by atoms with Crippen molar-refractivity contribution in [1.82, 2.24) is 0 Å². The van der Waals surface area contributed by atoms with Gasteiger partial charge in [-0.25, -0.2) is 8.78 Å². The van der Waals surface area contributed by atoms with Crippen LogP contribution in [0.5, 0.6) is 0 Å². The van der Waals surface area contributed by atoms with Crippen molar-refractivity contribution in [2.24, 2.45) is 0 Å². The molecule has 2 rings (SSSR count). The molecule has 20 heavy (non-hydrogen) atoms. The van der Waals surface area contributed by atoms with Crippen molar-refractivity contribution in [2.75, 3.05) is 0 Å². The summed E-state index contributed by atoms with van der Waals surface area (Å²) in [6.45, 7) is 1.48. The molecule has 0 amide bonds. The summed E-state index contributed by atoms with van der Waals surface area (Å²) in [6, 6.07) is 9.24. The first-order valence-corrected chi connectivity index (χ1v) is 7.19. The van der Waals surface area contributed by atoms with Gasteiger partial charge in [0.2, 0.25) is 0 Å². The molecule has 0 aromatic heterocycles. The predicted octanol–water partition coefficient (Wildman–Crippen LogP) is 3.18. The van der Waals surface area contributed by atoms with Gasteiger partial charge in [0.05, 0.1) is 11.5 Å². The van der Waals surface area contributed by atoms with E-state index in [9.17, 15) is 17.2 Å². The van der Waals surface area contributed by atoms with Gasteiger partial charge >= 0.3 is 0 Å². The molecule has 0 aliphatic carbocycles. The first kappa shape index (κ1) is 14.6. The van der Waals surface area contributed by atoms with E-state index in [0.717, 1.165) is 17.7 Å². The topological polar surface area (TPSA) is 43.4 Å². The Labute approximate surface area is 115 Å². The number of aryl methyl sites for hydroxylation is 1. The Hall–Kier alpha value is -1.79. The van der Waals surface area contributed by atoms with Crippen LogP contribution in [0.15, 0.2) is 47.4 Å². The second-order valence-corrected chi connectivity index (χ2v) is 5.89. The fourth-order valence-corrected chi connectivity index (χ4v) is 2.44. The lowest BCUT2D eigenvalue weighted by atomic mass is 10.2. The summed E-state index contributed by atoms with van der Waals surface area (Å²) >= 11 is 0. The van der Waals surface area contributed by atoms with Crippen molar-refractivity contribution < 1.29 is 21.4 Å². The van der Waals surface area contributed by atoms with Crippen LogP contribution < -0.4 is 0 Å². The van der Waals surface area contributed by atoms with E-state index in [4.69, 9.17) is 4.18 Å². The van der Waals surface area contributed by atoms with E-state index in [1.165, 1.54) is 18.2 Å². The minimum absolute atomic E-state index is 0.0192. The molecule has 2 aromatic carbocycles. The highest BCUT2D eigenvalue weighted by atomic mass is 32.2. The van der Waals surface area contributed by atoms with Gasteiger partial charge in [-0.1, -0.05) is 23.8 Å². The maximum atomic E-state index is 13.0. The van der Waals surface area contributed by atoms with Gasteiger partial charge in [0, 0.05) is 0 Å². The number of halogens is 2. The van der Waals surface area contributed by atoms with E-state index >= 15 is 0 Å². The molecule has 0 aliphatic rings. The molecule has 106 valence electrons. The summed E-state index contributed by atoms with van der Waals surface area (Å²) in [5.41, 5.74) is 1.16. The molecule has 0 unspecified atom stereocenters. The molecule has 0 fully saturated rings. The lowest BCUT2D eigenvalue weighted by Gasteiger charge is -2.06. The molecule has 0 N–H and O–H groups in total. The van der Waals surface area contributed by atoms with Crippen LogP contribution in [0, 0.1) is 18.6 Å². The Balaban J connectivity index is 2.13. The smallest absolute Gasteiger partial charge is 0.262 e. The second kappa shape index (κ2) is 5.68. The number of hydrogen-bond acceptors (Lipinski definition) is 3. The third kappa shape index (κ3) is 3.40. The molecule has 0 aliphatic heterocycles. The fraction of sp³-hybridized carbons (Fsp3) is 0.143. The fourth-order valence-electron chi connectivity index (χ4n) is 1.55. The first-order chi connectivity index (χ1) is 9.38. The highest BCUT2D eigenvalue weighted by Gasteiger charge is 2.15. The SMILES string of the molecule is Cc1ccc(S(=O)(=O)OCc2ccc(F)c(F)c2)cc1. The van der Waals surface area contributed by atoms with E-state index in [1.807, 2.05) is 6.92 Å². The van der Waals surface area contributed by atoms with Crippen LogP contribution in [-0.2, 0) is 20.9 Å². The maximum Gasteiger partial charge on any atom is 0.297 e. The van der Waals surface area contributed by atoms with E-state index in [-0.39, 0.29) is 17.1 Å². The Kier molecular flexibility index (Phi) is 4.15.